The SMILES string of the molecule is CC(=O)Oc1ccc(C(Cc2cccc(C#N)c2)NC2=NCCN2)cc1. The van der Waals surface area contributed by atoms with Crippen LogP contribution < -0.4 is 15.4 Å². The van der Waals surface area contributed by atoms with E-state index >= 15 is 0 Å². The summed E-state index contributed by atoms with van der Waals surface area (Å²) in [6, 6.07) is 17.1. The molecule has 1 aliphatic rings. The lowest BCUT2D eigenvalue weighted by molar-refractivity contribution is -0.131. The number of nitriles is 1. The molecule has 2 aromatic carbocycles. The first-order chi connectivity index (χ1) is 12.6. The van der Waals surface area contributed by atoms with Crippen LogP contribution in [-0.2, 0) is 11.2 Å². The number of hydrogen-bond donors (Lipinski definition) is 2. The van der Waals surface area contributed by atoms with Crippen molar-refractivity contribution in [1.29, 1.82) is 5.26 Å². The van der Waals surface area contributed by atoms with Crippen LogP contribution >= 0.6 is 0 Å². The van der Waals surface area contributed by atoms with Gasteiger partial charge in [-0.15, -0.1) is 0 Å². The summed E-state index contributed by atoms with van der Waals surface area (Å²) < 4.78 is 5.10. The lowest BCUT2D eigenvalue weighted by Crippen LogP contribution is -2.37. The Bertz CT molecular complexity index is 853. The molecule has 0 amide bonds. The van der Waals surface area contributed by atoms with Crippen molar-refractivity contribution in [2.75, 3.05) is 13.1 Å². The Morgan fingerprint density at radius 2 is 2.15 bits per heavy atom. The smallest absolute Gasteiger partial charge is 0.308 e. The van der Waals surface area contributed by atoms with Crippen LogP contribution in [0.15, 0.2) is 53.5 Å². The van der Waals surface area contributed by atoms with Crippen molar-refractivity contribution in [2.24, 2.45) is 4.99 Å². The first kappa shape index (κ1) is 17.5. The molecule has 0 aliphatic carbocycles. The van der Waals surface area contributed by atoms with E-state index in [0.29, 0.717) is 17.7 Å². The minimum Gasteiger partial charge on any atom is -0.427 e. The van der Waals surface area contributed by atoms with Gasteiger partial charge in [-0.1, -0.05) is 24.3 Å². The van der Waals surface area contributed by atoms with Gasteiger partial charge in [-0.25, -0.2) is 0 Å². The molecule has 132 valence electrons. The van der Waals surface area contributed by atoms with E-state index in [1.807, 2.05) is 30.3 Å². The van der Waals surface area contributed by atoms with Crippen molar-refractivity contribution in [3.05, 3.63) is 65.2 Å². The summed E-state index contributed by atoms with van der Waals surface area (Å²) in [6.45, 7) is 2.96. The normalized spacial score (nSPS) is 13.9. The van der Waals surface area contributed by atoms with E-state index in [1.165, 1.54) is 6.92 Å². The highest BCUT2D eigenvalue weighted by Crippen LogP contribution is 2.22. The summed E-state index contributed by atoms with van der Waals surface area (Å²) in [5, 5.41) is 15.8. The molecule has 1 heterocycles. The lowest BCUT2D eigenvalue weighted by atomic mass is 9.98. The summed E-state index contributed by atoms with van der Waals surface area (Å²) >= 11 is 0. The summed E-state index contributed by atoms with van der Waals surface area (Å²) in [5.74, 6) is 0.948. The van der Waals surface area contributed by atoms with E-state index in [9.17, 15) is 4.79 Å². The number of aliphatic imine (C=N–C) groups is 1. The largest absolute Gasteiger partial charge is 0.427 e. The maximum atomic E-state index is 11.1. The highest BCUT2D eigenvalue weighted by atomic mass is 16.5. The lowest BCUT2D eigenvalue weighted by Gasteiger charge is -2.21. The van der Waals surface area contributed by atoms with Crippen molar-refractivity contribution in [1.82, 2.24) is 10.6 Å². The second-order valence-electron chi connectivity index (χ2n) is 6.03. The molecular formula is C20H20N4O2. The maximum Gasteiger partial charge on any atom is 0.308 e. The number of esters is 1. The molecule has 0 bridgehead atoms. The average molecular weight is 348 g/mol. The van der Waals surface area contributed by atoms with Gasteiger partial charge in [0.05, 0.1) is 24.2 Å². The quantitative estimate of drug-likeness (QED) is 0.640. The van der Waals surface area contributed by atoms with E-state index in [-0.39, 0.29) is 12.0 Å². The molecule has 0 saturated heterocycles. The van der Waals surface area contributed by atoms with Crippen LogP contribution in [0.1, 0.15) is 29.7 Å². The first-order valence-electron chi connectivity index (χ1n) is 8.46. The Kier molecular flexibility index (Phi) is 5.49. The molecular weight excluding hydrogens is 328 g/mol. The molecule has 6 nitrogen and oxygen atoms in total. The highest BCUT2D eigenvalue weighted by Gasteiger charge is 2.16. The Morgan fingerprint density at radius 1 is 1.35 bits per heavy atom. The van der Waals surface area contributed by atoms with Crippen LogP contribution in [0.4, 0.5) is 0 Å². The molecule has 0 radical (unpaired) electrons. The van der Waals surface area contributed by atoms with Gasteiger partial charge in [0.25, 0.3) is 0 Å². The van der Waals surface area contributed by atoms with E-state index in [0.717, 1.165) is 30.2 Å². The van der Waals surface area contributed by atoms with Crippen molar-refractivity contribution >= 4 is 11.9 Å². The van der Waals surface area contributed by atoms with Crippen LogP contribution in [0.2, 0.25) is 0 Å². The topological polar surface area (TPSA) is 86.5 Å². The van der Waals surface area contributed by atoms with Gasteiger partial charge in [0.1, 0.15) is 5.75 Å². The van der Waals surface area contributed by atoms with Gasteiger partial charge >= 0.3 is 5.97 Å². The van der Waals surface area contributed by atoms with Gasteiger partial charge in [0.2, 0.25) is 0 Å². The van der Waals surface area contributed by atoms with E-state index in [2.05, 4.69) is 21.7 Å². The van der Waals surface area contributed by atoms with Crippen LogP contribution in [0, 0.1) is 11.3 Å². The molecule has 2 aromatic rings. The van der Waals surface area contributed by atoms with Gasteiger partial charge in [-0.05, 0) is 41.8 Å². The number of rotatable bonds is 5. The van der Waals surface area contributed by atoms with Gasteiger partial charge in [0.15, 0.2) is 5.96 Å². The maximum absolute atomic E-state index is 11.1. The van der Waals surface area contributed by atoms with E-state index in [4.69, 9.17) is 10.00 Å². The van der Waals surface area contributed by atoms with Gasteiger partial charge in [-0.2, -0.15) is 5.26 Å². The number of nitrogens with one attached hydrogen (secondary N) is 2. The van der Waals surface area contributed by atoms with Crippen molar-refractivity contribution in [2.45, 2.75) is 19.4 Å². The number of hydrogen-bond acceptors (Lipinski definition) is 6. The van der Waals surface area contributed by atoms with Crippen LogP contribution in [0.5, 0.6) is 5.75 Å². The summed E-state index contributed by atoms with van der Waals surface area (Å²) in [7, 11) is 0. The van der Waals surface area contributed by atoms with Gasteiger partial charge in [-0.3, -0.25) is 9.79 Å². The molecule has 6 heteroatoms. The van der Waals surface area contributed by atoms with Crippen molar-refractivity contribution in [3.63, 3.8) is 0 Å². The first-order valence-corrected chi connectivity index (χ1v) is 8.46. The van der Waals surface area contributed by atoms with Crippen LogP contribution in [0.3, 0.4) is 0 Å². The number of nitrogens with zero attached hydrogens (tertiary/aromatic N) is 2. The second-order valence-corrected chi connectivity index (χ2v) is 6.03. The summed E-state index contributed by atoms with van der Waals surface area (Å²) in [5.41, 5.74) is 2.74. The fourth-order valence-electron chi connectivity index (χ4n) is 2.85. The van der Waals surface area contributed by atoms with Crippen LogP contribution in [0.25, 0.3) is 0 Å². The van der Waals surface area contributed by atoms with Gasteiger partial charge < -0.3 is 15.4 Å². The molecule has 2 N–H and O–H groups in total. The summed E-state index contributed by atoms with van der Waals surface area (Å²) in [4.78, 5) is 15.5. The Morgan fingerprint density at radius 3 is 2.81 bits per heavy atom. The Hall–Kier alpha value is -3.33. The van der Waals surface area contributed by atoms with Crippen molar-refractivity contribution in [3.8, 4) is 11.8 Å². The number of ether oxygens (including phenoxy) is 1. The molecule has 1 unspecified atom stereocenters. The number of benzene rings is 2. The fourth-order valence-corrected chi connectivity index (χ4v) is 2.85. The molecule has 1 aliphatic heterocycles. The zero-order valence-electron chi connectivity index (χ0n) is 14.5. The average Bonchev–Trinajstić information content (AvgIpc) is 3.15. The molecule has 0 aromatic heterocycles. The number of guanidine groups is 1. The zero-order chi connectivity index (χ0) is 18.4. The van der Waals surface area contributed by atoms with E-state index < -0.39 is 0 Å². The molecule has 1 atom stereocenters. The monoisotopic (exact) mass is 348 g/mol. The van der Waals surface area contributed by atoms with Gasteiger partial charge in [0, 0.05) is 13.5 Å². The van der Waals surface area contributed by atoms with Crippen molar-refractivity contribution < 1.29 is 9.53 Å². The zero-order valence-corrected chi connectivity index (χ0v) is 14.5. The molecule has 0 saturated carbocycles. The minimum atomic E-state index is -0.342. The number of carbonyl (C=O) groups is 1. The Labute approximate surface area is 152 Å². The number of carbonyl (C=O) groups excluding carboxylic acids is 1. The van der Waals surface area contributed by atoms with E-state index in [1.54, 1.807) is 18.2 Å². The fraction of sp³-hybridized carbons (Fsp3) is 0.250. The third kappa shape index (κ3) is 4.61. The predicted molar refractivity (Wildman–Crippen MR) is 98.8 cm³/mol. The summed E-state index contributed by atoms with van der Waals surface area (Å²) in [6.07, 6.45) is 0.698. The second kappa shape index (κ2) is 8.17. The highest BCUT2D eigenvalue weighted by molar-refractivity contribution is 5.81. The van der Waals surface area contributed by atoms with Crippen LogP contribution in [-0.4, -0.2) is 25.0 Å². The third-order valence-electron chi connectivity index (χ3n) is 4.03. The molecule has 26 heavy (non-hydrogen) atoms. The third-order valence-corrected chi connectivity index (χ3v) is 4.03. The molecule has 3 rings (SSSR count). The molecule has 0 fully saturated rings. The standard InChI is InChI=1S/C20H20N4O2/c1-14(25)26-18-7-5-17(6-8-18)19(24-20-22-9-10-23-20)12-15-3-2-4-16(11-15)13-21/h2-8,11,19H,9-10,12H2,1H3,(H2,22,23,24). The minimum absolute atomic E-state index is 0.0281. The predicted octanol–water partition coefficient (Wildman–Crippen LogP) is 2.32. The molecule has 0 spiro atoms. The Balaban J connectivity index is 1.82.